The van der Waals surface area contributed by atoms with Crippen molar-refractivity contribution in [1.29, 1.82) is 0 Å². The summed E-state index contributed by atoms with van der Waals surface area (Å²) in [4.78, 5) is 13.8. The zero-order valence-corrected chi connectivity index (χ0v) is 10.2. The van der Waals surface area contributed by atoms with Crippen LogP contribution in [0.5, 0.6) is 0 Å². The number of hydrogen-bond acceptors (Lipinski definition) is 3. The maximum atomic E-state index is 11.7. The topological polar surface area (TPSA) is 44.4 Å². The van der Waals surface area contributed by atoms with E-state index in [1.807, 2.05) is 7.05 Å². The van der Waals surface area contributed by atoms with Gasteiger partial charge < -0.3 is 10.6 Å². The monoisotopic (exact) mass is 225 g/mol. The Hall–Kier alpha value is -0.610. The molecule has 16 heavy (non-hydrogen) atoms. The van der Waals surface area contributed by atoms with Crippen LogP contribution in [0.15, 0.2) is 0 Å². The first-order valence-corrected chi connectivity index (χ1v) is 6.43. The van der Waals surface area contributed by atoms with Crippen molar-refractivity contribution in [3.05, 3.63) is 0 Å². The minimum atomic E-state index is 0.181. The zero-order chi connectivity index (χ0) is 11.4. The van der Waals surface area contributed by atoms with Gasteiger partial charge in [0.25, 0.3) is 0 Å². The van der Waals surface area contributed by atoms with Gasteiger partial charge in [0.1, 0.15) is 0 Å². The van der Waals surface area contributed by atoms with E-state index in [1.165, 1.54) is 25.7 Å². The number of carbonyl (C=O) groups excluding carboxylic acids is 1. The van der Waals surface area contributed by atoms with E-state index in [0.717, 1.165) is 25.6 Å². The van der Waals surface area contributed by atoms with Crippen molar-refractivity contribution in [3.63, 3.8) is 0 Å². The van der Waals surface area contributed by atoms with Crippen LogP contribution in [0.2, 0.25) is 0 Å². The molecule has 0 radical (unpaired) electrons. The van der Waals surface area contributed by atoms with Gasteiger partial charge in [0.15, 0.2) is 0 Å². The quantitative estimate of drug-likeness (QED) is 0.702. The van der Waals surface area contributed by atoms with Crippen molar-refractivity contribution in [3.8, 4) is 0 Å². The Morgan fingerprint density at radius 3 is 2.88 bits per heavy atom. The molecule has 1 saturated heterocycles. The number of piperidine rings is 1. The summed E-state index contributed by atoms with van der Waals surface area (Å²) in [7, 11) is 2.05. The van der Waals surface area contributed by atoms with Gasteiger partial charge in [0.2, 0.25) is 5.91 Å². The second kappa shape index (κ2) is 5.64. The van der Waals surface area contributed by atoms with Crippen LogP contribution >= 0.6 is 0 Å². The van der Waals surface area contributed by atoms with E-state index in [1.54, 1.807) is 0 Å². The lowest BCUT2D eigenvalue weighted by molar-refractivity contribution is -0.122. The number of carbonyl (C=O) groups is 1. The van der Waals surface area contributed by atoms with Gasteiger partial charge in [0, 0.05) is 19.1 Å². The SMILES string of the molecule is CN(CC(=O)NCC1CC1)C1CCCNC1. The van der Waals surface area contributed by atoms with Crippen molar-refractivity contribution in [2.75, 3.05) is 33.2 Å². The Morgan fingerprint density at radius 2 is 2.25 bits per heavy atom. The highest BCUT2D eigenvalue weighted by Crippen LogP contribution is 2.27. The smallest absolute Gasteiger partial charge is 0.234 e. The highest BCUT2D eigenvalue weighted by Gasteiger charge is 2.23. The van der Waals surface area contributed by atoms with Gasteiger partial charge in [-0.2, -0.15) is 0 Å². The minimum absolute atomic E-state index is 0.181. The molecular weight excluding hydrogens is 202 g/mol. The van der Waals surface area contributed by atoms with E-state index in [9.17, 15) is 4.79 Å². The molecule has 2 aliphatic rings. The molecule has 1 aliphatic carbocycles. The first-order chi connectivity index (χ1) is 7.75. The molecular formula is C12H23N3O. The number of nitrogens with one attached hydrogen (secondary N) is 2. The van der Waals surface area contributed by atoms with Crippen LogP contribution in [-0.2, 0) is 4.79 Å². The molecule has 2 fully saturated rings. The number of rotatable bonds is 5. The van der Waals surface area contributed by atoms with Gasteiger partial charge in [0.05, 0.1) is 6.54 Å². The fourth-order valence-corrected chi connectivity index (χ4v) is 2.20. The van der Waals surface area contributed by atoms with E-state index in [0.29, 0.717) is 12.6 Å². The molecule has 1 saturated carbocycles. The molecule has 2 N–H and O–H groups in total. The average Bonchev–Trinajstić information content (AvgIpc) is 3.11. The van der Waals surface area contributed by atoms with Crippen LogP contribution in [0.25, 0.3) is 0 Å². The van der Waals surface area contributed by atoms with E-state index in [-0.39, 0.29) is 5.91 Å². The van der Waals surface area contributed by atoms with Crippen LogP contribution in [-0.4, -0.2) is 50.1 Å². The van der Waals surface area contributed by atoms with Crippen LogP contribution < -0.4 is 10.6 Å². The van der Waals surface area contributed by atoms with Gasteiger partial charge in [-0.15, -0.1) is 0 Å². The normalized spacial score (nSPS) is 25.8. The summed E-state index contributed by atoms with van der Waals surface area (Å²) in [5, 5.41) is 6.39. The molecule has 0 aromatic rings. The predicted molar refractivity (Wildman–Crippen MR) is 64.3 cm³/mol. The van der Waals surface area contributed by atoms with Crippen LogP contribution in [0.4, 0.5) is 0 Å². The molecule has 1 unspecified atom stereocenters. The Kier molecular flexibility index (Phi) is 4.18. The molecule has 1 heterocycles. The van der Waals surface area contributed by atoms with Crippen LogP contribution in [0.3, 0.4) is 0 Å². The molecule has 2 rings (SSSR count). The first kappa shape index (κ1) is 11.9. The third-order valence-electron chi connectivity index (χ3n) is 3.57. The summed E-state index contributed by atoms with van der Waals surface area (Å²) < 4.78 is 0. The fraction of sp³-hybridized carbons (Fsp3) is 0.917. The maximum absolute atomic E-state index is 11.7. The summed E-state index contributed by atoms with van der Waals surface area (Å²) in [6.45, 7) is 3.57. The summed E-state index contributed by atoms with van der Waals surface area (Å²) >= 11 is 0. The molecule has 0 aromatic carbocycles. The highest BCUT2D eigenvalue weighted by atomic mass is 16.2. The standard InChI is InChI=1S/C12H23N3O/c1-15(11-3-2-6-13-8-11)9-12(16)14-7-10-4-5-10/h10-11,13H,2-9H2,1H3,(H,14,16). The third kappa shape index (κ3) is 3.76. The number of amides is 1. The Morgan fingerprint density at radius 1 is 1.44 bits per heavy atom. The molecule has 0 spiro atoms. The lowest BCUT2D eigenvalue weighted by atomic mass is 10.1. The summed E-state index contributed by atoms with van der Waals surface area (Å²) in [5.41, 5.74) is 0. The number of nitrogens with zero attached hydrogens (tertiary/aromatic N) is 1. The van der Waals surface area contributed by atoms with E-state index < -0.39 is 0 Å². The van der Waals surface area contributed by atoms with Gasteiger partial charge in [-0.1, -0.05) is 0 Å². The second-order valence-corrected chi connectivity index (χ2v) is 5.16. The van der Waals surface area contributed by atoms with E-state index >= 15 is 0 Å². The Bertz CT molecular complexity index is 234. The molecule has 4 nitrogen and oxygen atoms in total. The average molecular weight is 225 g/mol. The zero-order valence-electron chi connectivity index (χ0n) is 10.2. The van der Waals surface area contributed by atoms with Gasteiger partial charge in [-0.05, 0) is 45.2 Å². The first-order valence-electron chi connectivity index (χ1n) is 6.43. The van der Waals surface area contributed by atoms with Gasteiger partial charge in [-0.25, -0.2) is 0 Å². The molecule has 0 aromatic heterocycles. The number of hydrogen-bond donors (Lipinski definition) is 2. The second-order valence-electron chi connectivity index (χ2n) is 5.16. The third-order valence-corrected chi connectivity index (χ3v) is 3.57. The minimum Gasteiger partial charge on any atom is -0.355 e. The number of likely N-dealkylation sites (N-methyl/N-ethyl adjacent to an activating group) is 1. The molecule has 1 aliphatic heterocycles. The highest BCUT2D eigenvalue weighted by molar-refractivity contribution is 5.78. The molecule has 92 valence electrons. The lowest BCUT2D eigenvalue weighted by Gasteiger charge is -2.31. The Labute approximate surface area is 97.8 Å². The lowest BCUT2D eigenvalue weighted by Crippen LogP contribution is -2.47. The predicted octanol–water partition coefficient (Wildman–Crippen LogP) is 0.196. The Balaban J connectivity index is 1.63. The van der Waals surface area contributed by atoms with Crippen molar-refractivity contribution < 1.29 is 4.79 Å². The van der Waals surface area contributed by atoms with Crippen molar-refractivity contribution in [2.24, 2.45) is 5.92 Å². The summed E-state index contributed by atoms with van der Waals surface area (Å²) in [6, 6.07) is 0.528. The van der Waals surface area contributed by atoms with Crippen molar-refractivity contribution >= 4 is 5.91 Å². The fourth-order valence-electron chi connectivity index (χ4n) is 2.20. The van der Waals surface area contributed by atoms with Gasteiger partial charge >= 0.3 is 0 Å². The maximum Gasteiger partial charge on any atom is 0.234 e. The summed E-state index contributed by atoms with van der Waals surface area (Å²) in [5.74, 6) is 0.950. The van der Waals surface area contributed by atoms with E-state index in [2.05, 4.69) is 15.5 Å². The molecule has 4 heteroatoms. The molecule has 1 amide bonds. The van der Waals surface area contributed by atoms with Crippen molar-refractivity contribution in [2.45, 2.75) is 31.7 Å². The van der Waals surface area contributed by atoms with Crippen LogP contribution in [0.1, 0.15) is 25.7 Å². The van der Waals surface area contributed by atoms with E-state index in [4.69, 9.17) is 0 Å². The van der Waals surface area contributed by atoms with Crippen LogP contribution in [0, 0.1) is 5.92 Å². The molecule has 1 atom stereocenters. The molecule has 0 bridgehead atoms. The van der Waals surface area contributed by atoms with Gasteiger partial charge in [-0.3, -0.25) is 9.69 Å². The summed E-state index contributed by atoms with van der Waals surface area (Å²) in [6.07, 6.45) is 5.02. The van der Waals surface area contributed by atoms with Crippen molar-refractivity contribution in [1.82, 2.24) is 15.5 Å². The largest absolute Gasteiger partial charge is 0.355 e.